The van der Waals surface area contributed by atoms with Gasteiger partial charge in [-0.3, -0.25) is 4.79 Å². The molecule has 3 aromatic carbocycles. The molecule has 4 nitrogen and oxygen atoms in total. The summed E-state index contributed by atoms with van der Waals surface area (Å²) < 4.78 is 1.77. The number of halogens is 1. The predicted molar refractivity (Wildman–Crippen MR) is 123 cm³/mol. The van der Waals surface area contributed by atoms with Gasteiger partial charge in [0.2, 0.25) is 0 Å². The van der Waals surface area contributed by atoms with Crippen molar-refractivity contribution in [2.75, 3.05) is 0 Å². The highest BCUT2D eigenvalue weighted by molar-refractivity contribution is 6.38. The number of nitrogens with one attached hydrogen (secondary N) is 1. The molecule has 0 saturated carbocycles. The lowest BCUT2D eigenvalue weighted by Gasteiger charge is -2.14. The number of H-pyrrole nitrogens is 1. The summed E-state index contributed by atoms with van der Waals surface area (Å²) >= 11 is 6.77. The summed E-state index contributed by atoms with van der Waals surface area (Å²) in [6, 6.07) is 21.8. The number of hydrogen-bond donors (Lipinski definition) is 1. The molecule has 5 aromatic rings. The van der Waals surface area contributed by atoms with E-state index >= 15 is 0 Å². The Morgan fingerprint density at radius 3 is 2.47 bits per heavy atom. The Morgan fingerprint density at radius 1 is 0.967 bits per heavy atom. The van der Waals surface area contributed by atoms with Crippen molar-refractivity contribution in [2.45, 2.75) is 20.4 Å². The first-order valence-electron chi connectivity index (χ1n) is 9.85. The van der Waals surface area contributed by atoms with Crippen LogP contribution in [0, 0.1) is 13.8 Å². The van der Waals surface area contributed by atoms with E-state index in [1.54, 1.807) is 4.57 Å². The van der Waals surface area contributed by atoms with Crippen LogP contribution in [0.5, 0.6) is 0 Å². The average molecular weight is 414 g/mol. The summed E-state index contributed by atoms with van der Waals surface area (Å²) in [6.07, 6.45) is 0. The molecule has 5 rings (SSSR count). The third-order valence-corrected chi connectivity index (χ3v) is 6.02. The van der Waals surface area contributed by atoms with Crippen LogP contribution in [0.4, 0.5) is 0 Å². The lowest BCUT2D eigenvalue weighted by molar-refractivity contribution is 0.796. The number of pyridine rings is 1. The number of benzene rings is 3. The predicted octanol–water partition coefficient (Wildman–Crippen LogP) is 5.86. The highest BCUT2D eigenvalue weighted by atomic mass is 35.5. The molecule has 0 unspecified atom stereocenters. The maximum Gasteiger partial charge on any atom is 0.263 e. The molecule has 0 aliphatic carbocycles. The molecule has 0 atom stereocenters. The zero-order valence-corrected chi connectivity index (χ0v) is 17.5. The Labute approximate surface area is 178 Å². The highest BCUT2D eigenvalue weighted by Gasteiger charge is 2.20. The van der Waals surface area contributed by atoms with Crippen molar-refractivity contribution in [1.82, 2.24) is 14.5 Å². The number of aromatic amines is 1. The Balaban J connectivity index is 1.79. The molecular weight excluding hydrogens is 394 g/mol. The molecule has 30 heavy (non-hydrogen) atoms. The van der Waals surface area contributed by atoms with Gasteiger partial charge in [-0.1, -0.05) is 60.1 Å². The van der Waals surface area contributed by atoms with E-state index in [2.05, 4.69) is 24.9 Å². The van der Waals surface area contributed by atoms with Gasteiger partial charge in [0.05, 0.1) is 28.1 Å². The van der Waals surface area contributed by atoms with Crippen molar-refractivity contribution in [2.24, 2.45) is 0 Å². The number of imidazole rings is 1. The topological polar surface area (TPSA) is 50.7 Å². The standard InChI is InChI=1S/C25H20ClN3O/c1-15-12-19-20(13-16(15)2)28-24(27-19)22-23(26)18-10-6-7-11-21(18)29(25(22)30)14-17-8-4-3-5-9-17/h3-13H,14H2,1-2H3,(H,27,28). The Bertz CT molecular complexity index is 1430. The number of hydrogen-bond acceptors (Lipinski definition) is 2. The SMILES string of the molecule is Cc1cc2nc(-c3c(Cl)c4ccccc4n(Cc4ccccc4)c3=O)[nH]c2cc1C. The van der Waals surface area contributed by atoms with Crippen molar-refractivity contribution >= 4 is 33.5 Å². The van der Waals surface area contributed by atoms with Crippen LogP contribution in [0.2, 0.25) is 5.02 Å². The van der Waals surface area contributed by atoms with Gasteiger partial charge < -0.3 is 9.55 Å². The minimum Gasteiger partial charge on any atom is -0.338 e. The first-order valence-corrected chi connectivity index (χ1v) is 10.2. The van der Waals surface area contributed by atoms with Crippen LogP contribution in [-0.2, 0) is 6.54 Å². The molecule has 0 radical (unpaired) electrons. The second kappa shape index (κ2) is 7.15. The van der Waals surface area contributed by atoms with E-state index in [-0.39, 0.29) is 5.56 Å². The van der Waals surface area contributed by atoms with E-state index in [1.165, 1.54) is 5.56 Å². The van der Waals surface area contributed by atoms with Crippen LogP contribution in [-0.4, -0.2) is 14.5 Å². The molecule has 0 saturated heterocycles. The summed E-state index contributed by atoms with van der Waals surface area (Å²) in [5, 5.41) is 1.25. The Morgan fingerprint density at radius 2 is 1.67 bits per heavy atom. The van der Waals surface area contributed by atoms with Crippen molar-refractivity contribution in [1.29, 1.82) is 0 Å². The van der Waals surface area contributed by atoms with Crippen molar-refractivity contribution in [3.8, 4) is 11.4 Å². The third kappa shape index (κ3) is 3.01. The van der Waals surface area contributed by atoms with Crippen molar-refractivity contribution < 1.29 is 0 Å². The summed E-state index contributed by atoms with van der Waals surface area (Å²) in [7, 11) is 0. The van der Waals surface area contributed by atoms with E-state index in [1.807, 2.05) is 60.7 Å². The van der Waals surface area contributed by atoms with Gasteiger partial charge in [0.15, 0.2) is 0 Å². The maximum absolute atomic E-state index is 13.6. The molecule has 148 valence electrons. The quantitative estimate of drug-likeness (QED) is 0.402. The van der Waals surface area contributed by atoms with Gasteiger partial charge in [0.25, 0.3) is 5.56 Å². The number of aromatic nitrogens is 3. The van der Waals surface area contributed by atoms with E-state index < -0.39 is 0 Å². The Hall–Kier alpha value is -3.37. The van der Waals surface area contributed by atoms with Gasteiger partial charge in [-0.05, 0) is 48.7 Å². The monoisotopic (exact) mass is 413 g/mol. The molecule has 0 fully saturated rings. The summed E-state index contributed by atoms with van der Waals surface area (Å²) in [5.41, 5.74) is 6.15. The maximum atomic E-state index is 13.6. The molecule has 0 bridgehead atoms. The van der Waals surface area contributed by atoms with E-state index in [0.717, 1.165) is 33.1 Å². The molecule has 0 aliphatic heterocycles. The van der Waals surface area contributed by atoms with Crippen LogP contribution in [0.15, 0.2) is 71.5 Å². The van der Waals surface area contributed by atoms with Gasteiger partial charge >= 0.3 is 0 Å². The van der Waals surface area contributed by atoms with Crippen LogP contribution in [0.25, 0.3) is 33.3 Å². The minimum atomic E-state index is -0.157. The lowest BCUT2D eigenvalue weighted by atomic mass is 10.1. The van der Waals surface area contributed by atoms with Crippen LogP contribution in [0.1, 0.15) is 16.7 Å². The van der Waals surface area contributed by atoms with Gasteiger partial charge in [-0.15, -0.1) is 0 Å². The van der Waals surface area contributed by atoms with Crippen molar-refractivity contribution in [3.05, 3.63) is 98.8 Å². The van der Waals surface area contributed by atoms with Gasteiger partial charge in [-0.2, -0.15) is 0 Å². The van der Waals surface area contributed by atoms with Gasteiger partial charge in [0.1, 0.15) is 11.4 Å². The highest BCUT2D eigenvalue weighted by Crippen LogP contribution is 2.32. The zero-order valence-electron chi connectivity index (χ0n) is 16.7. The second-order valence-electron chi connectivity index (χ2n) is 7.62. The Kier molecular flexibility index (Phi) is 4.44. The van der Waals surface area contributed by atoms with E-state index in [4.69, 9.17) is 16.6 Å². The normalized spacial score (nSPS) is 11.4. The molecule has 5 heteroatoms. The summed E-state index contributed by atoms with van der Waals surface area (Å²) in [4.78, 5) is 21.7. The number of nitrogens with zero attached hydrogens (tertiary/aromatic N) is 2. The summed E-state index contributed by atoms with van der Waals surface area (Å²) in [5.74, 6) is 0.498. The van der Waals surface area contributed by atoms with E-state index in [0.29, 0.717) is 23.0 Å². The zero-order chi connectivity index (χ0) is 20.8. The van der Waals surface area contributed by atoms with E-state index in [9.17, 15) is 4.79 Å². The lowest BCUT2D eigenvalue weighted by Crippen LogP contribution is -2.23. The molecule has 0 spiro atoms. The second-order valence-corrected chi connectivity index (χ2v) is 8.00. The van der Waals surface area contributed by atoms with Crippen molar-refractivity contribution in [3.63, 3.8) is 0 Å². The first kappa shape index (κ1) is 18.6. The fourth-order valence-electron chi connectivity index (χ4n) is 3.88. The molecule has 0 amide bonds. The van der Waals surface area contributed by atoms with Crippen LogP contribution < -0.4 is 5.56 Å². The third-order valence-electron chi connectivity index (χ3n) is 5.63. The summed E-state index contributed by atoms with van der Waals surface area (Å²) in [6.45, 7) is 4.58. The fourth-order valence-corrected chi connectivity index (χ4v) is 4.21. The minimum absolute atomic E-state index is 0.157. The largest absolute Gasteiger partial charge is 0.338 e. The van der Waals surface area contributed by atoms with Gasteiger partial charge in [-0.25, -0.2) is 4.98 Å². The first-order chi connectivity index (χ1) is 14.5. The molecule has 1 N–H and O–H groups in total. The van der Waals surface area contributed by atoms with Crippen LogP contribution >= 0.6 is 11.6 Å². The molecule has 2 heterocycles. The number of fused-ring (bicyclic) bond motifs is 2. The smallest absolute Gasteiger partial charge is 0.263 e. The molecule has 0 aliphatic rings. The van der Waals surface area contributed by atoms with Crippen LogP contribution in [0.3, 0.4) is 0 Å². The molecular formula is C25H20ClN3O. The number of para-hydroxylation sites is 1. The number of rotatable bonds is 3. The fraction of sp³-hybridized carbons (Fsp3) is 0.120. The van der Waals surface area contributed by atoms with Gasteiger partial charge in [0, 0.05) is 5.39 Å². The number of aryl methyl sites for hydroxylation is 2. The average Bonchev–Trinajstić information content (AvgIpc) is 3.14. The molecule has 2 aromatic heterocycles.